The van der Waals surface area contributed by atoms with Gasteiger partial charge in [-0.15, -0.1) is 0 Å². The minimum Gasteiger partial charge on any atom is -0.493 e. The molecule has 0 saturated heterocycles. The van der Waals surface area contributed by atoms with Crippen molar-refractivity contribution in [2.75, 3.05) is 7.11 Å². The molecule has 0 heterocycles. The number of carbonyl (C=O) groups excluding carboxylic acids is 1. The van der Waals surface area contributed by atoms with Crippen LogP contribution in [0.4, 0.5) is 0 Å². The summed E-state index contributed by atoms with van der Waals surface area (Å²) in [4.78, 5) is 12.5. The zero-order chi connectivity index (χ0) is 18.6. The third-order valence-corrected chi connectivity index (χ3v) is 4.14. The lowest BCUT2D eigenvalue weighted by Crippen LogP contribution is -2.27. The van der Waals surface area contributed by atoms with Crippen LogP contribution in [0, 0.1) is 0 Å². The van der Waals surface area contributed by atoms with Crippen LogP contribution >= 0.6 is 23.2 Å². The molecule has 0 spiro atoms. The van der Waals surface area contributed by atoms with Gasteiger partial charge in [0.15, 0.2) is 11.5 Å². The second kappa shape index (κ2) is 8.45. The van der Waals surface area contributed by atoms with E-state index in [4.69, 9.17) is 32.7 Å². The largest absolute Gasteiger partial charge is 0.493 e. The van der Waals surface area contributed by atoms with E-state index in [2.05, 4.69) is 5.32 Å². The standard InChI is InChI=1S/C19H21Cl2NO3/c1-11(2)25-17-8-5-13(9-18(17)24-4)12(3)22-19(23)15-10-14(20)6-7-16(15)21/h5-12H,1-4H3,(H,22,23). The van der Waals surface area contributed by atoms with Crippen LogP contribution in [0.25, 0.3) is 0 Å². The third-order valence-electron chi connectivity index (χ3n) is 3.57. The molecular formula is C19H21Cl2NO3. The second-order valence-electron chi connectivity index (χ2n) is 5.90. The molecule has 2 aromatic carbocycles. The van der Waals surface area contributed by atoms with Crippen molar-refractivity contribution in [3.05, 3.63) is 57.6 Å². The molecule has 0 radical (unpaired) electrons. The highest BCUT2D eigenvalue weighted by atomic mass is 35.5. The monoisotopic (exact) mass is 381 g/mol. The van der Waals surface area contributed by atoms with Crippen molar-refractivity contribution >= 4 is 29.1 Å². The first-order valence-electron chi connectivity index (χ1n) is 7.92. The van der Waals surface area contributed by atoms with Crippen LogP contribution in [0.1, 0.15) is 42.7 Å². The first kappa shape index (κ1) is 19.4. The Labute approximate surface area is 158 Å². The van der Waals surface area contributed by atoms with Crippen molar-refractivity contribution in [1.29, 1.82) is 0 Å². The number of methoxy groups -OCH3 is 1. The van der Waals surface area contributed by atoms with Gasteiger partial charge in [-0.3, -0.25) is 4.79 Å². The Hall–Kier alpha value is -1.91. The molecule has 2 rings (SSSR count). The van der Waals surface area contributed by atoms with Crippen LogP contribution in [0.5, 0.6) is 11.5 Å². The van der Waals surface area contributed by atoms with E-state index in [0.717, 1.165) is 5.56 Å². The number of nitrogens with one attached hydrogen (secondary N) is 1. The SMILES string of the molecule is COc1cc(C(C)NC(=O)c2cc(Cl)ccc2Cl)ccc1OC(C)C. The topological polar surface area (TPSA) is 47.6 Å². The fraction of sp³-hybridized carbons (Fsp3) is 0.316. The minimum absolute atomic E-state index is 0.0434. The van der Waals surface area contributed by atoms with Gasteiger partial charge in [0.1, 0.15) is 0 Å². The van der Waals surface area contributed by atoms with Gasteiger partial charge in [0.25, 0.3) is 5.91 Å². The molecular weight excluding hydrogens is 361 g/mol. The number of benzene rings is 2. The summed E-state index contributed by atoms with van der Waals surface area (Å²) in [7, 11) is 1.58. The van der Waals surface area contributed by atoms with E-state index in [0.29, 0.717) is 27.1 Å². The maximum atomic E-state index is 12.5. The quantitative estimate of drug-likeness (QED) is 0.740. The predicted octanol–water partition coefficient (Wildman–Crippen LogP) is 5.28. The number of rotatable bonds is 6. The number of amides is 1. The predicted molar refractivity (Wildman–Crippen MR) is 101 cm³/mol. The summed E-state index contributed by atoms with van der Waals surface area (Å²) in [6.45, 7) is 5.78. The highest BCUT2D eigenvalue weighted by molar-refractivity contribution is 6.35. The smallest absolute Gasteiger partial charge is 0.253 e. The van der Waals surface area contributed by atoms with E-state index in [-0.39, 0.29) is 18.1 Å². The molecule has 2 aromatic rings. The number of hydrogen-bond acceptors (Lipinski definition) is 3. The molecule has 0 bridgehead atoms. The molecule has 1 atom stereocenters. The molecule has 1 unspecified atom stereocenters. The van der Waals surface area contributed by atoms with Crippen LogP contribution in [0.3, 0.4) is 0 Å². The van der Waals surface area contributed by atoms with E-state index < -0.39 is 0 Å². The van der Waals surface area contributed by atoms with Gasteiger partial charge in [0.2, 0.25) is 0 Å². The van der Waals surface area contributed by atoms with E-state index in [1.54, 1.807) is 25.3 Å². The van der Waals surface area contributed by atoms with E-state index in [1.165, 1.54) is 0 Å². The molecule has 4 nitrogen and oxygen atoms in total. The minimum atomic E-state index is -0.290. The Morgan fingerprint density at radius 3 is 2.40 bits per heavy atom. The summed E-state index contributed by atoms with van der Waals surface area (Å²) in [6, 6.07) is 10.1. The molecule has 25 heavy (non-hydrogen) atoms. The molecule has 1 N–H and O–H groups in total. The molecule has 6 heteroatoms. The van der Waals surface area contributed by atoms with Crippen LogP contribution in [-0.2, 0) is 0 Å². The fourth-order valence-corrected chi connectivity index (χ4v) is 2.71. The lowest BCUT2D eigenvalue weighted by molar-refractivity contribution is 0.0940. The summed E-state index contributed by atoms with van der Waals surface area (Å²) >= 11 is 12.0. The molecule has 0 fully saturated rings. The molecule has 0 aliphatic heterocycles. The molecule has 134 valence electrons. The van der Waals surface area contributed by atoms with Crippen molar-refractivity contribution < 1.29 is 14.3 Å². The highest BCUT2D eigenvalue weighted by Gasteiger charge is 2.16. The van der Waals surface area contributed by atoms with Crippen molar-refractivity contribution in [2.24, 2.45) is 0 Å². The molecule has 0 saturated carbocycles. The molecule has 0 aromatic heterocycles. The number of halogens is 2. The first-order valence-corrected chi connectivity index (χ1v) is 8.68. The van der Waals surface area contributed by atoms with Crippen molar-refractivity contribution in [3.63, 3.8) is 0 Å². The molecule has 0 aliphatic carbocycles. The Bertz CT molecular complexity index is 762. The van der Waals surface area contributed by atoms with Gasteiger partial charge in [0.05, 0.1) is 29.8 Å². The second-order valence-corrected chi connectivity index (χ2v) is 6.74. The van der Waals surface area contributed by atoms with Gasteiger partial charge < -0.3 is 14.8 Å². The average Bonchev–Trinajstić information content (AvgIpc) is 2.56. The summed E-state index contributed by atoms with van der Waals surface area (Å²) in [5.41, 5.74) is 1.23. The van der Waals surface area contributed by atoms with E-state index in [1.807, 2.05) is 39.0 Å². The summed E-state index contributed by atoms with van der Waals surface area (Å²) in [5, 5.41) is 3.73. The van der Waals surface area contributed by atoms with Gasteiger partial charge in [-0.2, -0.15) is 0 Å². The van der Waals surface area contributed by atoms with Gasteiger partial charge in [-0.25, -0.2) is 0 Å². The van der Waals surface area contributed by atoms with Crippen LogP contribution in [-0.4, -0.2) is 19.1 Å². The van der Waals surface area contributed by atoms with Crippen LogP contribution < -0.4 is 14.8 Å². The van der Waals surface area contributed by atoms with Crippen molar-refractivity contribution in [3.8, 4) is 11.5 Å². The lowest BCUT2D eigenvalue weighted by atomic mass is 10.1. The zero-order valence-corrected chi connectivity index (χ0v) is 16.1. The Morgan fingerprint density at radius 1 is 1.04 bits per heavy atom. The van der Waals surface area contributed by atoms with Gasteiger partial charge in [-0.1, -0.05) is 29.3 Å². The maximum Gasteiger partial charge on any atom is 0.253 e. The lowest BCUT2D eigenvalue weighted by Gasteiger charge is -2.18. The van der Waals surface area contributed by atoms with E-state index in [9.17, 15) is 4.79 Å². The number of carbonyl (C=O) groups is 1. The Morgan fingerprint density at radius 2 is 1.76 bits per heavy atom. The average molecular weight is 382 g/mol. The van der Waals surface area contributed by atoms with Crippen molar-refractivity contribution in [2.45, 2.75) is 32.9 Å². The number of ether oxygens (including phenoxy) is 2. The van der Waals surface area contributed by atoms with Crippen molar-refractivity contribution in [1.82, 2.24) is 5.32 Å². The van der Waals surface area contributed by atoms with Gasteiger partial charge in [0, 0.05) is 5.02 Å². The maximum absolute atomic E-state index is 12.5. The van der Waals surface area contributed by atoms with Gasteiger partial charge >= 0.3 is 0 Å². The summed E-state index contributed by atoms with van der Waals surface area (Å²) < 4.78 is 11.1. The Balaban J connectivity index is 2.18. The number of hydrogen-bond donors (Lipinski definition) is 1. The zero-order valence-electron chi connectivity index (χ0n) is 14.6. The summed E-state index contributed by atoms with van der Waals surface area (Å²) in [6.07, 6.45) is 0.0434. The first-order chi connectivity index (χ1) is 11.8. The Kier molecular flexibility index (Phi) is 6.57. The van der Waals surface area contributed by atoms with Crippen LogP contribution in [0.2, 0.25) is 10.0 Å². The highest BCUT2D eigenvalue weighted by Crippen LogP contribution is 2.31. The van der Waals surface area contributed by atoms with Gasteiger partial charge in [-0.05, 0) is 56.7 Å². The van der Waals surface area contributed by atoms with Crippen LogP contribution in [0.15, 0.2) is 36.4 Å². The molecule has 1 amide bonds. The molecule has 0 aliphatic rings. The summed E-state index contributed by atoms with van der Waals surface area (Å²) in [5.74, 6) is 0.993. The van der Waals surface area contributed by atoms with E-state index >= 15 is 0 Å². The normalized spacial score (nSPS) is 12.0. The third kappa shape index (κ3) is 5.03. The fourth-order valence-electron chi connectivity index (χ4n) is 2.33.